The lowest BCUT2D eigenvalue weighted by Gasteiger charge is -2.15. The molecule has 1 nitrogen and oxygen atoms in total. The molecule has 19 heavy (non-hydrogen) atoms. The minimum Gasteiger partial charge on any atom is -0.496 e. The summed E-state index contributed by atoms with van der Waals surface area (Å²) >= 11 is 10.8. The third kappa shape index (κ3) is 4.07. The predicted octanol–water partition coefficient (Wildman–Crippen LogP) is 5.90. The lowest BCUT2D eigenvalue weighted by Crippen LogP contribution is -1.99. The van der Waals surface area contributed by atoms with Crippen molar-refractivity contribution in [2.45, 2.75) is 11.2 Å². The molecule has 0 aliphatic rings. The lowest BCUT2D eigenvalue weighted by molar-refractivity contribution is 0.409. The Kier molecular flexibility index (Phi) is 5.48. The van der Waals surface area contributed by atoms with E-state index in [0.29, 0.717) is 0 Å². The fourth-order valence-electron chi connectivity index (χ4n) is 1.93. The molecule has 2 aromatic carbocycles. The van der Waals surface area contributed by atoms with Gasteiger partial charge in [-0.3, -0.25) is 0 Å². The van der Waals surface area contributed by atoms with Crippen LogP contribution in [0.15, 0.2) is 51.4 Å². The summed E-state index contributed by atoms with van der Waals surface area (Å²) in [5, 5.41) is 0. The van der Waals surface area contributed by atoms with E-state index in [9.17, 15) is 0 Å². The van der Waals surface area contributed by atoms with Gasteiger partial charge in [0, 0.05) is 19.3 Å². The number of alkyl halides is 1. The van der Waals surface area contributed by atoms with Crippen LogP contribution in [0.1, 0.15) is 16.0 Å². The first kappa shape index (κ1) is 15.1. The molecular weight excluding hydrogens is 436 g/mol. The molecule has 0 saturated heterocycles. The van der Waals surface area contributed by atoms with Gasteiger partial charge in [0.25, 0.3) is 0 Å². The third-order valence-electron chi connectivity index (χ3n) is 2.83. The Hall–Kier alpha value is -0.320. The average molecular weight is 449 g/mol. The summed E-state index contributed by atoms with van der Waals surface area (Å²) in [5.74, 6) is 0.903. The first-order chi connectivity index (χ1) is 9.10. The van der Waals surface area contributed by atoms with Gasteiger partial charge in [-0.25, -0.2) is 0 Å². The van der Waals surface area contributed by atoms with Crippen LogP contribution in [0.3, 0.4) is 0 Å². The molecular formula is C15H13Br3O. The largest absolute Gasteiger partial charge is 0.496 e. The molecule has 0 heterocycles. The average Bonchev–Trinajstić information content (AvgIpc) is 2.38. The molecule has 2 aromatic rings. The van der Waals surface area contributed by atoms with E-state index in [1.54, 1.807) is 7.11 Å². The van der Waals surface area contributed by atoms with Crippen molar-refractivity contribution < 1.29 is 4.74 Å². The number of benzene rings is 2. The van der Waals surface area contributed by atoms with Crippen LogP contribution in [0.25, 0.3) is 0 Å². The van der Waals surface area contributed by atoms with E-state index in [4.69, 9.17) is 4.74 Å². The van der Waals surface area contributed by atoms with Crippen molar-refractivity contribution >= 4 is 47.8 Å². The van der Waals surface area contributed by atoms with E-state index < -0.39 is 0 Å². The Balaban J connectivity index is 2.24. The summed E-state index contributed by atoms with van der Waals surface area (Å²) in [5.41, 5.74) is 2.43. The van der Waals surface area contributed by atoms with Crippen LogP contribution >= 0.6 is 47.8 Å². The molecule has 0 aliphatic carbocycles. The fourth-order valence-corrected chi connectivity index (χ4v) is 3.49. The molecule has 0 saturated carbocycles. The molecule has 2 rings (SSSR count). The maximum absolute atomic E-state index is 5.42. The van der Waals surface area contributed by atoms with Gasteiger partial charge < -0.3 is 4.74 Å². The molecule has 100 valence electrons. The maximum Gasteiger partial charge on any atom is 0.123 e. The quantitative estimate of drug-likeness (QED) is 0.529. The molecule has 0 aliphatic heterocycles. The van der Waals surface area contributed by atoms with Crippen molar-refractivity contribution in [3.05, 3.63) is 62.5 Å². The van der Waals surface area contributed by atoms with Gasteiger partial charge in [-0.2, -0.15) is 0 Å². The molecule has 4 heteroatoms. The summed E-state index contributed by atoms with van der Waals surface area (Å²) in [7, 11) is 1.70. The van der Waals surface area contributed by atoms with Crippen LogP contribution in [0.4, 0.5) is 0 Å². The van der Waals surface area contributed by atoms with Crippen molar-refractivity contribution in [3.63, 3.8) is 0 Å². The first-order valence-corrected chi connectivity index (χ1v) is 8.32. The Morgan fingerprint density at radius 1 is 1.05 bits per heavy atom. The number of rotatable bonds is 4. The summed E-state index contributed by atoms with van der Waals surface area (Å²) in [4.78, 5) is 0.217. The standard InChI is InChI=1S/C15H13Br3O/c1-19-15-6-5-12(17)9-13(15)14(18)8-10-3-2-4-11(16)7-10/h2-7,9,14H,8H2,1H3. The minimum atomic E-state index is 0.217. The molecule has 0 N–H and O–H groups in total. The van der Waals surface area contributed by atoms with Crippen molar-refractivity contribution in [2.24, 2.45) is 0 Å². The van der Waals surface area contributed by atoms with E-state index in [1.165, 1.54) is 5.56 Å². The summed E-state index contributed by atoms with van der Waals surface area (Å²) < 4.78 is 7.58. The molecule has 0 spiro atoms. The Morgan fingerprint density at radius 2 is 1.79 bits per heavy atom. The second kappa shape index (κ2) is 6.91. The fraction of sp³-hybridized carbons (Fsp3) is 0.200. The molecule has 1 unspecified atom stereocenters. The van der Waals surface area contributed by atoms with Crippen molar-refractivity contribution in [2.75, 3.05) is 7.11 Å². The second-order valence-corrected chi connectivity index (χ2v) is 7.12. The van der Waals surface area contributed by atoms with Gasteiger partial charge in [-0.1, -0.05) is 59.9 Å². The molecule has 0 bridgehead atoms. The number of hydrogen-bond donors (Lipinski definition) is 0. The SMILES string of the molecule is COc1ccc(Br)cc1C(Br)Cc1cccc(Br)c1. The second-order valence-electron chi connectivity index (χ2n) is 4.19. The number of methoxy groups -OCH3 is 1. The Bertz CT molecular complexity index is 569. The number of halogens is 3. The minimum absolute atomic E-state index is 0.217. The summed E-state index contributed by atoms with van der Waals surface area (Å²) in [6, 6.07) is 14.4. The van der Waals surface area contributed by atoms with E-state index in [-0.39, 0.29) is 4.83 Å². The summed E-state index contributed by atoms with van der Waals surface area (Å²) in [6.07, 6.45) is 0.909. The Labute approximate surface area is 138 Å². The van der Waals surface area contributed by atoms with Gasteiger partial charge in [0.1, 0.15) is 5.75 Å². The first-order valence-electron chi connectivity index (χ1n) is 5.82. The smallest absolute Gasteiger partial charge is 0.123 e. The Morgan fingerprint density at radius 3 is 2.47 bits per heavy atom. The highest BCUT2D eigenvalue weighted by Gasteiger charge is 2.14. The van der Waals surface area contributed by atoms with Gasteiger partial charge >= 0.3 is 0 Å². The monoisotopic (exact) mass is 446 g/mol. The van der Waals surface area contributed by atoms with Crippen LogP contribution in [0.5, 0.6) is 5.75 Å². The van der Waals surface area contributed by atoms with E-state index in [2.05, 4.69) is 72.1 Å². The van der Waals surface area contributed by atoms with Crippen LogP contribution < -0.4 is 4.74 Å². The van der Waals surface area contributed by atoms with Crippen LogP contribution in [-0.4, -0.2) is 7.11 Å². The van der Waals surface area contributed by atoms with Crippen LogP contribution in [0.2, 0.25) is 0 Å². The van der Waals surface area contributed by atoms with Crippen LogP contribution in [0, 0.1) is 0 Å². The van der Waals surface area contributed by atoms with Crippen molar-refractivity contribution in [1.29, 1.82) is 0 Å². The zero-order chi connectivity index (χ0) is 13.8. The number of hydrogen-bond acceptors (Lipinski definition) is 1. The van der Waals surface area contributed by atoms with Crippen molar-refractivity contribution in [1.82, 2.24) is 0 Å². The normalized spacial score (nSPS) is 12.2. The van der Waals surface area contributed by atoms with Gasteiger partial charge in [0.2, 0.25) is 0 Å². The van der Waals surface area contributed by atoms with Gasteiger partial charge in [-0.05, 0) is 42.3 Å². The van der Waals surface area contributed by atoms with E-state index in [1.807, 2.05) is 18.2 Å². The molecule has 0 amide bonds. The third-order valence-corrected chi connectivity index (χ3v) is 4.64. The molecule has 0 aromatic heterocycles. The van der Waals surface area contributed by atoms with Gasteiger partial charge in [0.05, 0.1) is 7.11 Å². The maximum atomic E-state index is 5.42. The topological polar surface area (TPSA) is 9.23 Å². The lowest BCUT2D eigenvalue weighted by atomic mass is 10.0. The summed E-state index contributed by atoms with van der Waals surface area (Å²) in [6.45, 7) is 0. The van der Waals surface area contributed by atoms with E-state index >= 15 is 0 Å². The highest BCUT2D eigenvalue weighted by atomic mass is 79.9. The highest BCUT2D eigenvalue weighted by Crippen LogP contribution is 2.35. The van der Waals surface area contributed by atoms with Gasteiger partial charge in [0.15, 0.2) is 0 Å². The highest BCUT2D eigenvalue weighted by molar-refractivity contribution is 9.10. The zero-order valence-corrected chi connectivity index (χ0v) is 15.1. The van der Waals surface area contributed by atoms with E-state index in [0.717, 1.165) is 26.7 Å². The van der Waals surface area contributed by atoms with Gasteiger partial charge in [-0.15, -0.1) is 0 Å². The molecule has 0 radical (unpaired) electrons. The molecule has 0 fully saturated rings. The van der Waals surface area contributed by atoms with Crippen LogP contribution in [-0.2, 0) is 6.42 Å². The predicted molar refractivity (Wildman–Crippen MR) is 90.2 cm³/mol. The number of ether oxygens (including phenoxy) is 1. The zero-order valence-electron chi connectivity index (χ0n) is 10.4. The molecule has 1 atom stereocenters. The van der Waals surface area contributed by atoms with Crippen molar-refractivity contribution in [3.8, 4) is 5.75 Å².